The third-order valence-electron chi connectivity index (χ3n) is 4.16. The van der Waals surface area contributed by atoms with Crippen LogP contribution in [0.25, 0.3) is 16.9 Å². The smallest absolute Gasteiger partial charge is 0.231 e. The summed E-state index contributed by atoms with van der Waals surface area (Å²) in [7, 11) is 0. The fourth-order valence-electron chi connectivity index (χ4n) is 2.84. The molecule has 5 rings (SSSR count). The summed E-state index contributed by atoms with van der Waals surface area (Å²) in [5.41, 5.74) is 3.58. The van der Waals surface area contributed by atoms with Crippen molar-refractivity contribution in [2.45, 2.75) is 10.9 Å². The predicted molar refractivity (Wildman–Crippen MR) is 103 cm³/mol. The zero-order valence-corrected chi connectivity index (χ0v) is 15.6. The molecule has 134 valence electrons. The predicted octanol–water partition coefficient (Wildman–Crippen LogP) is 4.47. The van der Waals surface area contributed by atoms with E-state index >= 15 is 0 Å². The maximum Gasteiger partial charge on any atom is 0.231 e. The standard InChI is InChI=1S/C19H13ClN4O2S/c20-14-3-1-2-12(8-14)10-27-19-22-21-18-7-5-15(23-24(18)19)13-4-6-16-17(9-13)26-11-25-16/h1-9H,10-11H2. The van der Waals surface area contributed by atoms with Crippen LogP contribution >= 0.6 is 23.4 Å². The highest BCUT2D eigenvalue weighted by Gasteiger charge is 2.15. The van der Waals surface area contributed by atoms with Gasteiger partial charge in [-0.1, -0.05) is 35.5 Å². The fraction of sp³-hybridized carbons (Fsp3) is 0.105. The van der Waals surface area contributed by atoms with Crippen LogP contribution in [-0.2, 0) is 5.75 Å². The van der Waals surface area contributed by atoms with Crippen LogP contribution in [-0.4, -0.2) is 26.6 Å². The number of thioether (sulfide) groups is 1. The van der Waals surface area contributed by atoms with Gasteiger partial charge in [0.25, 0.3) is 0 Å². The van der Waals surface area contributed by atoms with E-state index in [4.69, 9.17) is 26.2 Å². The lowest BCUT2D eigenvalue weighted by atomic mass is 10.1. The minimum atomic E-state index is 0.251. The van der Waals surface area contributed by atoms with Crippen molar-refractivity contribution in [3.05, 3.63) is 65.2 Å². The Labute approximate surface area is 164 Å². The molecule has 0 saturated heterocycles. The Hall–Kier alpha value is -2.77. The summed E-state index contributed by atoms with van der Waals surface area (Å²) in [5, 5.41) is 14.6. The van der Waals surface area contributed by atoms with E-state index in [1.807, 2.05) is 54.6 Å². The zero-order chi connectivity index (χ0) is 18.2. The molecule has 0 N–H and O–H groups in total. The number of halogens is 1. The van der Waals surface area contributed by atoms with Gasteiger partial charge in [-0.25, -0.2) is 0 Å². The van der Waals surface area contributed by atoms with Crippen molar-refractivity contribution in [3.63, 3.8) is 0 Å². The average Bonchev–Trinajstić information content (AvgIpc) is 3.32. The van der Waals surface area contributed by atoms with Crippen LogP contribution in [0.2, 0.25) is 5.02 Å². The van der Waals surface area contributed by atoms with Crippen molar-refractivity contribution in [2.75, 3.05) is 6.79 Å². The molecule has 1 aliphatic rings. The van der Waals surface area contributed by atoms with E-state index in [0.717, 1.165) is 44.3 Å². The van der Waals surface area contributed by atoms with Crippen LogP contribution in [0.15, 0.2) is 59.8 Å². The molecule has 2 aromatic carbocycles. The van der Waals surface area contributed by atoms with Crippen LogP contribution in [0.5, 0.6) is 11.5 Å². The molecule has 0 spiro atoms. The Kier molecular flexibility index (Phi) is 4.10. The van der Waals surface area contributed by atoms with Gasteiger partial charge >= 0.3 is 0 Å². The Morgan fingerprint density at radius 3 is 2.85 bits per heavy atom. The first-order valence-corrected chi connectivity index (χ1v) is 9.62. The molecule has 0 fully saturated rings. The molecule has 0 unspecified atom stereocenters. The van der Waals surface area contributed by atoms with E-state index < -0.39 is 0 Å². The molecule has 0 bridgehead atoms. The van der Waals surface area contributed by atoms with Gasteiger partial charge in [-0.05, 0) is 48.0 Å². The van der Waals surface area contributed by atoms with Gasteiger partial charge in [-0.15, -0.1) is 10.2 Å². The van der Waals surface area contributed by atoms with E-state index in [0.29, 0.717) is 5.65 Å². The average molecular weight is 397 g/mol. The molecule has 0 atom stereocenters. The van der Waals surface area contributed by atoms with Gasteiger partial charge in [0.15, 0.2) is 17.1 Å². The minimum absolute atomic E-state index is 0.251. The van der Waals surface area contributed by atoms with Crippen LogP contribution in [0.4, 0.5) is 0 Å². The summed E-state index contributed by atoms with van der Waals surface area (Å²) in [4.78, 5) is 0. The fourth-order valence-corrected chi connectivity index (χ4v) is 3.89. The van der Waals surface area contributed by atoms with Crippen molar-refractivity contribution >= 4 is 29.0 Å². The monoisotopic (exact) mass is 396 g/mol. The molecule has 3 heterocycles. The van der Waals surface area contributed by atoms with Gasteiger partial charge in [0, 0.05) is 16.3 Å². The summed E-state index contributed by atoms with van der Waals surface area (Å²) in [6, 6.07) is 17.4. The second kappa shape index (κ2) is 6.75. The van der Waals surface area contributed by atoms with Gasteiger partial charge in [0.05, 0.1) is 5.69 Å². The molecule has 2 aromatic heterocycles. The number of aromatic nitrogens is 4. The molecular formula is C19H13ClN4O2S. The molecule has 8 heteroatoms. The SMILES string of the molecule is Clc1cccc(CSc2nnc3ccc(-c4ccc5c(c4)OCO5)nn23)c1. The summed E-state index contributed by atoms with van der Waals surface area (Å²) in [5.74, 6) is 2.22. The number of rotatable bonds is 4. The van der Waals surface area contributed by atoms with E-state index in [2.05, 4.69) is 10.2 Å². The van der Waals surface area contributed by atoms with Crippen molar-refractivity contribution in [1.29, 1.82) is 0 Å². The third kappa shape index (κ3) is 3.20. The normalized spacial score (nSPS) is 12.6. The quantitative estimate of drug-likeness (QED) is 0.474. The number of hydrogen-bond acceptors (Lipinski definition) is 6. The molecule has 1 aliphatic heterocycles. The number of benzene rings is 2. The molecule has 27 heavy (non-hydrogen) atoms. The summed E-state index contributed by atoms with van der Waals surface area (Å²) in [6.45, 7) is 0.251. The lowest BCUT2D eigenvalue weighted by molar-refractivity contribution is 0.174. The molecule has 0 saturated carbocycles. The van der Waals surface area contributed by atoms with Crippen LogP contribution < -0.4 is 9.47 Å². The molecule has 0 amide bonds. The van der Waals surface area contributed by atoms with Crippen LogP contribution in [0, 0.1) is 0 Å². The molecule has 4 aromatic rings. The molecule has 0 radical (unpaired) electrons. The Morgan fingerprint density at radius 1 is 1.00 bits per heavy atom. The van der Waals surface area contributed by atoms with Crippen molar-refractivity contribution < 1.29 is 9.47 Å². The maximum atomic E-state index is 6.06. The van der Waals surface area contributed by atoms with Gasteiger partial charge in [-0.3, -0.25) is 0 Å². The zero-order valence-electron chi connectivity index (χ0n) is 14.0. The maximum absolute atomic E-state index is 6.06. The summed E-state index contributed by atoms with van der Waals surface area (Å²) >= 11 is 7.62. The van der Waals surface area contributed by atoms with Gasteiger partial charge in [0.1, 0.15) is 0 Å². The first-order chi connectivity index (χ1) is 13.3. The van der Waals surface area contributed by atoms with Gasteiger partial charge < -0.3 is 9.47 Å². The third-order valence-corrected chi connectivity index (χ3v) is 5.39. The Balaban J connectivity index is 1.45. The second-order valence-corrected chi connectivity index (χ2v) is 7.34. The number of hydrogen-bond donors (Lipinski definition) is 0. The Morgan fingerprint density at radius 2 is 1.93 bits per heavy atom. The van der Waals surface area contributed by atoms with E-state index in [-0.39, 0.29) is 6.79 Å². The summed E-state index contributed by atoms with van der Waals surface area (Å²) < 4.78 is 12.6. The van der Waals surface area contributed by atoms with Gasteiger partial charge in [-0.2, -0.15) is 9.61 Å². The topological polar surface area (TPSA) is 61.5 Å². The summed E-state index contributed by atoms with van der Waals surface area (Å²) in [6.07, 6.45) is 0. The van der Waals surface area contributed by atoms with E-state index in [1.54, 1.807) is 16.3 Å². The largest absolute Gasteiger partial charge is 0.454 e. The number of ether oxygens (including phenoxy) is 2. The number of fused-ring (bicyclic) bond motifs is 2. The van der Waals surface area contributed by atoms with E-state index in [1.165, 1.54) is 0 Å². The van der Waals surface area contributed by atoms with Crippen LogP contribution in [0.3, 0.4) is 0 Å². The van der Waals surface area contributed by atoms with Crippen LogP contribution in [0.1, 0.15) is 5.56 Å². The lowest BCUT2D eigenvalue weighted by Crippen LogP contribution is -1.96. The molecular weight excluding hydrogens is 384 g/mol. The molecule has 6 nitrogen and oxygen atoms in total. The highest BCUT2D eigenvalue weighted by molar-refractivity contribution is 7.98. The highest BCUT2D eigenvalue weighted by Crippen LogP contribution is 2.35. The molecule has 0 aliphatic carbocycles. The van der Waals surface area contributed by atoms with Crippen molar-refractivity contribution in [3.8, 4) is 22.8 Å². The van der Waals surface area contributed by atoms with Crippen molar-refractivity contribution in [2.24, 2.45) is 0 Å². The number of nitrogens with zero attached hydrogens (tertiary/aromatic N) is 4. The Bertz CT molecular complexity index is 1150. The second-order valence-electron chi connectivity index (χ2n) is 5.96. The van der Waals surface area contributed by atoms with E-state index in [9.17, 15) is 0 Å². The lowest BCUT2D eigenvalue weighted by Gasteiger charge is -2.05. The van der Waals surface area contributed by atoms with Crippen molar-refractivity contribution in [1.82, 2.24) is 19.8 Å². The first-order valence-electron chi connectivity index (χ1n) is 8.26. The minimum Gasteiger partial charge on any atom is -0.454 e. The first kappa shape index (κ1) is 16.4. The van der Waals surface area contributed by atoms with Gasteiger partial charge in [0.2, 0.25) is 11.9 Å². The highest BCUT2D eigenvalue weighted by atomic mass is 35.5.